The van der Waals surface area contributed by atoms with Crippen molar-refractivity contribution in [2.45, 2.75) is 12.2 Å². The van der Waals surface area contributed by atoms with Gasteiger partial charge in [-0.25, -0.2) is 0 Å². The third-order valence-corrected chi connectivity index (χ3v) is 3.52. The molecule has 0 bridgehead atoms. The summed E-state index contributed by atoms with van der Waals surface area (Å²) in [4.78, 5) is 12.3. The molecule has 0 saturated carbocycles. The van der Waals surface area contributed by atoms with Crippen molar-refractivity contribution in [1.29, 1.82) is 5.26 Å². The fourth-order valence-electron chi connectivity index (χ4n) is 2.48. The molecule has 3 rings (SSSR count). The topological polar surface area (TPSA) is 81.3 Å². The molecule has 2 atom stereocenters. The largest absolute Gasteiger partial charge is 0.385 e. The molecule has 0 heterocycles. The molecule has 1 aliphatic rings. The predicted octanol–water partition coefficient (Wildman–Crippen LogP) is 1.82. The molecule has 0 fully saturated rings. The minimum Gasteiger partial charge on any atom is -0.385 e. The number of hydrogen-bond donors (Lipinski definition) is 2. The molecule has 0 aromatic heterocycles. The van der Waals surface area contributed by atoms with Crippen LogP contribution in [0.5, 0.6) is 0 Å². The van der Waals surface area contributed by atoms with E-state index in [2.05, 4.69) is 0 Å². The number of rotatable bonds is 2. The number of fused-ring (bicyclic) bond motifs is 3. The molecule has 0 amide bonds. The van der Waals surface area contributed by atoms with E-state index in [1.54, 1.807) is 36.4 Å². The highest BCUT2D eigenvalue weighted by molar-refractivity contribution is 6.21. The lowest BCUT2D eigenvalue weighted by Gasteiger charge is -2.13. The summed E-state index contributed by atoms with van der Waals surface area (Å²) in [6.07, 6.45) is -2.83. The Bertz CT molecular complexity index is 746. The Hall–Kier alpha value is -2.48. The third kappa shape index (κ3) is 1.73. The van der Waals surface area contributed by atoms with Crippen molar-refractivity contribution in [3.05, 3.63) is 59.2 Å². The molecule has 0 spiro atoms. The molecule has 0 aliphatic heterocycles. The predicted molar refractivity (Wildman–Crippen MR) is 71.9 cm³/mol. The standard InChI is InChI=1S/C16H11NO3/c17-8-14(18)15(19)9-5-6-11-10-3-1-2-4-12(10)16(20)13(11)7-9/h1-7,14-15,18-19H. The van der Waals surface area contributed by atoms with Crippen molar-refractivity contribution >= 4 is 5.78 Å². The van der Waals surface area contributed by atoms with Crippen molar-refractivity contribution in [1.82, 2.24) is 0 Å². The Kier molecular flexibility index (Phi) is 2.87. The summed E-state index contributed by atoms with van der Waals surface area (Å²) in [5.41, 5.74) is 3.17. The SMILES string of the molecule is N#CC(O)C(O)c1ccc2c(c1)C(=O)c1ccccc1-2. The second kappa shape index (κ2) is 4.57. The van der Waals surface area contributed by atoms with Crippen LogP contribution in [0.4, 0.5) is 0 Å². The van der Waals surface area contributed by atoms with E-state index in [4.69, 9.17) is 5.26 Å². The van der Waals surface area contributed by atoms with Gasteiger partial charge in [0.15, 0.2) is 11.9 Å². The smallest absolute Gasteiger partial charge is 0.194 e. The molecule has 4 nitrogen and oxygen atoms in total. The van der Waals surface area contributed by atoms with Gasteiger partial charge in [0.1, 0.15) is 6.10 Å². The zero-order valence-electron chi connectivity index (χ0n) is 10.4. The first-order valence-electron chi connectivity index (χ1n) is 6.17. The van der Waals surface area contributed by atoms with Crippen LogP contribution in [-0.4, -0.2) is 22.1 Å². The summed E-state index contributed by atoms with van der Waals surface area (Å²) in [6.45, 7) is 0. The second-order valence-electron chi connectivity index (χ2n) is 4.70. The Morgan fingerprint density at radius 2 is 1.60 bits per heavy atom. The van der Waals surface area contributed by atoms with Gasteiger partial charge in [0, 0.05) is 11.1 Å². The van der Waals surface area contributed by atoms with Gasteiger partial charge in [-0.2, -0.15) is 5.26 Å². The summed E-state index contributed by atoms with van der Waals surface area (Å²) in [6, 6.07) is 13.8. The second-order valence-corrected chi connectivity index (χ2v) is 4.70. The molecule has 0 radical (unpaired) electrons. The zero-order chi connectivity index (χ0) is 14.3. The maximum absolute atomic E-state index is 12.3. The van der Waals surface area contributed by atoms with Crippen LogP contribution in [-0.2, 0) is 0 Å². The zero-order valence-corrected chi connectivity index (χ0v) is 10.4. The Morgan fingerprint density at radius 3 is 2.30 bits per heavy atom. The van der Waals surface area contributed by atoms with Crippen molar-refractivity contribution in [2.24, 2.45) is 0 Å². The maximum atomic E-state index is 12.3. The lowest BCUT2D eigenvalue weighted by molar-refractivity contribution is 0.0527. The number of nitrogens with zero attached hydrogens (tertiary/aromatic N) is 1. The van der Waals surface area contributed by atoms with Gasteiger partial charge in [-0.15, -0.1) is 0 Å². The molecule has 20 heavy (non-hydrogen) atoms. The van der Waals surface area contributed by atoms with Crippen molar-refractivity contribution in [3.63, 3.8) is 0 Å². The summed E-state index contributed by atoms with van der Waals surface area (Å²) in [5, 5.41) is 27.8. The first kappa shape index (κ1) is 12.5. The van der Waals surface area contributed by atoms with Gasteiger partial charge in [0.2, 0.25) is 0 Å². The van der Waals surface area contributed by atoms with E-state index in [0.717, 1.165) is 11.1 Å². The first-order chi connectivity index (χ1) is 9.63. The number of aliphatic hydroxyl groups is 2. The van der Waals surface area contributed by atoms with E-state index < -0.39 is 12.2 Å². The van der Waals surface area contributed by atoms with E-state index in [1.807, 2.05) is 12.1 Å². The lowest BCUT2D eigenvalue weighted by atomic mass is 9.98. The number of aliphatic hydroxyl groups excluding tert-OH is 2. The third-order valence-electron chi connectivity index (χ3n) is 3.52. The van der Waals surface area contributed by atoms with Gasteiger partial charge < -0.3 is 10.2 Å². The van der Waals surface area contributed by atoms with Gasteiger partial charge >= 0.3 is 0 Å². The minimum absolute atomic E-state index is 0.101. The Morgan fingerprint density at radius 1 is 0.950 bits per heavy atom. The van der Waals surface area contributed by atoms with Crippen LogP contribution in [0.15, 0.2) is 42.5 Å². The number of ketones is 1. The van der Waals surface area contributed by atoms with E-state index in [9.17, 15) is 15.0 Å². The highest BCUT2D eigenvalue weighted by Crippen LogP contribution is 2.37. The molecular weight excluding hydrogens is 254 g/mol. The molecular formula is C16H11NO3. The fraction of sp³-hybridized carbons (Fsp3) is 0.125. The average Bonchev–Trinajstić information content (AvgIpc) is 2.79. The molecule has 4 heteroatoms. The molecule has 2 aromatic carbocycles. The van der Waals surface area contributed by atoms with Gasteiger partial charge in [-0.05, 0) is 22.8 Å². The minimum atomic E-state index is -1.51. The summed E-state index contributed by atoms with van der Waals surface area (Å²) >= 11 is 0. The van der Waals surface area contributed by atoms with Crippen LogP contribution in [0.3, 0.4) is 0 Å². The number of benzene rings is 2. The highest BCUT2D eigenvalue weighted by Gasteiger charge is 2.28. The molecule has 2 N–H and O–H groups in total. The van der Waals surface area contributed by atoms with E-state index >= 15 is 0 Å². The van der Waals surface area contributed by atoms with Crippen LogP contribution in [0, 0.1) is 11.3 Å². The fourth-order valence-corrected chi connectivity index (χ4v) is 2.48. The van der Waals surface area contributed by atoms with Crippen LogP contribution in [0.25, 0.3) is 11.1 Å². The number of nitriles is 1. The van der Waals surface area contributed by atoms with Gasteiger partial charge in [0.25, 0.3) is 0 Å². The van der Waals surface area contributed by atoms with Crippen molar-refractivity contribution < 1.29 is 15.0 Å². The van der Waals surface area contributed by atoms with Crippen LogP contribution in [0.1, 0.15) is 27.6 Å². The Labute approximate surface area is 115 Å². The number of carbonyl (C=O) groups is 1. The van der Waals surface area contributed by atoms with Crippen molar-refractivity contribution in [3.8, 4) is 17.2 Å². The van der Waals surface area contributed by atoms with E-state index in [1.165, 1.54) is 0 Å². The van der Waals surface area contributed by atoms with Gasteiger partial charge in [-0.3, -0.25) is 4.79 Å². The summed E-state index contributed by atoms with van der Waals surface area (Å²) in [7, 11) is 0. The quantitative estimate of drug-likeness (QED) is 0.692. The van der Waals surface area contributed by atoms with Crippen LogP contribution in [0.2, 0.25) is 0 Å². The summed E-state index contributed by atoms with van der Waals surface area (Å²) < 4.78 is 0. The monoisotopic (exact) mass is 265 g/mol. The number of hydrogen-bond acceptors (Lipinski definition) is 4. The number of carbonyl (C=O) groups excluding carboxylic acids is 1. The average molecular weight is 265 g/mol. The van der Waals surface area contributed by atoms with Gasteiger partial charge in [-0.1, -0.05) is 36.4 Å². The van der Waals surface area contributed by atoms with E-state index in [0.29, 0.717) is 16.7 Å². The molecule has 0 saturated heterocycles. The van der Waals surface area contributed by atoms with Crippen LogP contribution < -0.4 is 0 Å². The van der Waals surface area contributed by atoms with Crippen LogP contribution >= 0.6 is 0 Å². The highest BCUT2D eigenvalue weighted by atomic mass is 16.3. The molecule has 2 unspecified atom stereocenters. The Balaban J connectivity index is 2.10. The van der Waals surface area contributed by atoms with E-state index in [-0.39, 0.29) is 5.78 Å². The lowest BCUT2D eigenvalue weighted by Crippen LogP contribution is -2.16. The summed E-state index contributed by atoms with van der Waals surface area (Å²) in [5.74, 6) is -0.101. The maximum Gasteiger partial charge on any atom is 0.194 e. The van der Waals surface area contributed by atoms with Crippen molar-refractivity contribution in [2.75, 3.05) is 0 Å². The molecule has 2 aromatic rings. The van der Waals surface area contributed by atoms with Gasteiger partial charge in [0.05, 0.1) is 6.07 Å². The molecule has 98 valence electrons. The first-order valence-corrected chi connectivity index (χ1v) is 6.17. The molecule has 1 aliphatic carbocycles. The normalized spacial score (nSPS) is 15.2.